The molecule has 0 aliphatic heterocycles. The topological polar surface area (TPSA) is 16.4 Å². The number of nitrogens with zero attached hydrogens (tertiary/aromatic N) is 1. The molecule has 230 valence electrons. The summed E-state index contributed by atoms with van der Waals surface area (Å²) in [5.41, 5.74) is 9.69. The normalized spacial score (nSPS) is 11.7. The number of anilines is 3. The summed E-state index contributed by atoms with van der Waals surface area (Å²) in [7, 11) is 0. The van der Waals surface area contributed by atoms with E-state index in [9.17, 15) is 0 Å². The summed E-state index contributed by atoms with van der Waals surface area (Å²) in [5.74, 6) is 0. The van der Waals surface area contributed by atoms with Gasteiger partial charge in [-0.25, -0.2) is 0 Å². The van der Waals surface area contributed by atoms with Gasteiger partial charge in [0, 0.05) is 47.7 Å². The van der Waals surface area contributed by atoms with E-state index in [-0.39, 0.29) is 0 Å². The summed E-state index contributed by atoms with van der Waals surface area (Å²) in [5, 5.41) is 7.46. The molecule has 0 aliphatic carbocycles. The van der Waals surface area contributed by atoms with Gasteiger partial charge in [0.1, 0.15) is 5.58 Å². The third-order valence-corrected chi connectivity index (χ3v) is 10.9. The van der Waals surface area contributed by atoms with E-state index in [0.717, 1.165) is 39.0 Å². The first-order chi connectivity index (χ1) is 24.3. The number of thiophene rings is 1. The maximum atomic E-state index is 6.55. The van der Waals surface area contributed by atoms with Gasteiger partial charge in [0.15, 0.2) is 5.58 Å². The van der Waals surface area contributed by atoms with Gasteiger partial charge in [-0.15, -0.1) is 11.3 Å². The fourth-order valence-electron chi connectivity index (χ4n) is 7.25. The van der Waals surface area contributed by atoms with Gasteiger partial charge in [-0.05, 0) is 76.2 Å². The molecule has 0 saturated heterocycles. The number of hydrogen-bond acceptors (Lipinski definition) is 3. The van der Waals surface area contributed by atoms with Crippen LogP contribution in [0.15, 0.2) is 180 Å². The number of benzene rings is 8. The van der Waals surface area contributed by atoms with Crippen LogP contribution in [0.4, 0.5) is 17.1 Å². The summed E-state index contributed by atoms with van der Waals surface area (Å²) >= 11 is 1.88. The van der Waals surface area contributed by atoms with E-state index < -0.39 is 0 Å². The molecule has 0 atom stereocenters. The second kappa shape index (κ2) is 11.2. The Bertz CT molecular complexity index is 2810. The SMILES string of the molecule is c1ccc(-c2ccc(N(c3ccc(-c4ccc5ccc6c7ccccc7sc6c5c4)cc3)c3cccc4c3oc3ccccc34)cc2)cc1. The third kappa shape index (κ3) is 4.62. The zero-order valence-corrected chi connectivity index (χ0v) is 27.3. The molecule has 2 nitrogen and oxygen atoms in total. The van der Waals surface area contributed by atoms with Gasteiger partial charge < -0.3 is 9.32 Å². The minimum Gasteiger partial charge on any atom is -0.454 e. The van der Waals surface area contributed by atoms with Gasteiger partial charge in [-0.1, -0.05) is 127 Å². The standard InChI is InChI=1S/C46H29NOS/c1-2-9-30(10-3-1)31-19-24-35(25-20-31)47(42-14-8-13-39-37-11-4-6-15-43(37)48-45(39)42)36-26-21-32(22-27-36)34-18-17-33-23-28-40-38-12-5-7-16-44(38)49-46(40)41(33)29-34/h1-29H. The fraction of sp³-hybridized carbons (Fsp3) is 0. The van der Waals surface area contributed by atoms with Gasteiger partial charge >= 0.3 is 0 Å². The zero-order valence-electron chi connectivity index (χ0n) is 26.5. The molecule has 2 aromatic heterocycles. The lowest BCUT2D eigenvalue weighted by molar-refractivity contribution is 0.669. The molecule has 0 saturated carbocycles. The molecule has 10 aromatic rings. The van der Waals surface area contributed by atoms with Gasteiger partial charge in [0.25, 0.3) is 0 Å². The maximum Gasteiger partial charge on any atom is 0.159 e. The minimum atomic E-state index is 0.877. The van der Waals surface area contributed by atoms with Gasteiger partial charge in [0.05, 0.1) is 5.69 Å². The smallest absolute Gasteiger partial charge is 0.159 e. The third-order valence-electron chi connectivity index (χ3n) is 9.68. The Hall–Kier alpha value is -6.16. The number of fused-ring (bicyclic) bond motifs is 8. The molecule has 0 N–H and O–H groups in total. The van der Waals surface area contributed by atoms with E-state index in [1.165, 1.54) is 53.2 Å². The van der Waals surface area contributed by atoms with Crippen molar-refractivity contribution in [3.63, 3.8) is 0 Å². The Morgan fingerprint density at radius 1 is 0.408 bits per heavy atom. The van der Waals surface area contributed by atoms with Crippen molar-refractivity contribution in [2.45, 2.75) is 0 Å². The van der Waals surface area contributed by atoms with Gasteiger partial charge in [0.2, 0.25) is 0 Å². The van der Waals surface area contributed by atoms with E-state index in [2.05, 4.69) is 169 Å². The van der Waals surface area contributed by atoms with Gasteiger partial charge in [-0.2, -0.15) is 0 Å². The molecule has 0 bridgehead atoms. The van der Waals surface area contributed by atoms with Crippen molar-refractivity contribution < 1.29 is 4.42 Å². The highest BCUT2D eigenvalue weighted by Crippen LogP contribution is 2.44. The Labute approximate surface area is 287 Å². The summed E-state index contributed by atoms with van der Waals surface area (Å²) < 4.78 is 9.23. The van der Waals surface area contributed by atoms with Crippen LogP contribution >= 0.6 is 11.3 Å². The second-order valence-corrected chi connectivity index (χ2v) is 13.6. The predicted molar refractivity (Wildman–Crippen MR) is 210 cm³/mol. The highest BCUT2D eigenvalue weighted by molar-refractivity contribution is 7.26. The Balaban J connectivity index is 1.10. The highest BCUT2D eigenvalue weighted by Gasteiger charge is 2.19. The van der Waals surface area contributed by atoms with Crippen molar-refractivity contribution in [1.82, 2.24) is 0 Å². The molecule has 0 fully saturated rings. The van der Waals surface area contributed by atoms with Crippen molar-refractivity contribution in [2.75, 3.05) is 4.90 Å². The molecule has 49 heavy (non-hydrogen) atoms. The number of furan rings is 1. The van der Waals surface area contributed by atoms with Crippen LogP contribution < -0.4 is 4.90 Å². The van der Waals surface area contributed by atoms with Crippen molar-refractivity contribution in [3.8, 4) is 22.3 Å². The van der Waals surface area contributed by atoms with Crippen LogP contribution in [-0.2, 0) is 0 Å². The van der Waals surface area contributed by atoms with Crippen LogP contribution in [0.25, 0.3) is 75.1 Å². The van der Waals surface area contributed by atoms with E-state index in [1.54, 1.807) is 0 Å². The zero-order chi connectivity index (χ0) is 32.3. The first-order valence-corrected chi connectivity index (χ1v) is 17.4. The van der Waals surface area contributed by atoms with Crippen LogP contribution in [0.5, 0.6) is 0 Å². The summed E-state index contributed by atoms with van der Waals surface area (Å²) in [4.78, 5) is 2.31. The lowest BCUT2D eigenvalue weighted by atomic mass is 9.99. The first-order valence-electron chi connectivity index (χ1n) is 16.6. The lowest BCUT2D eigenvalue weighted by Crippen LogP contribution is -2.10. The molecule has 3 heteroatoms. The molecule has 0 aliphatic rings. The largest absolute Gasteiger partial charge is 0.454 e. The average molecular weight is 644 g/mol. The van der Waals surface area contributed by atoms with Crippen LogP contribution in [0.1, 0.15) is 0 Å². The average Bonchev–Trinajstić information content (AvgIpc) is 3.75. The van der Waals surface area contributed by atoms with Crippen LogP contribution in [-0.4, -0.2) is 0 Å². The fourth-order valence-corrected chi connectivity index (χ4v) is 8.48. The summed E-state index contributed by atoms with van der Waals surface area (Å²) in [6.45, 7) is 0. The predicted octanol–water partition coefficient (Wildman–Crippen LogP) is 13.9. The molecule has 0 unspecified atom stereocenters. The number of hydrogen-bond donors (Lipinski definition) is 0. The number of rotatable bonds is 5. The molecule has 0 spiro atoms. The highest BCUT2D eigenvalue weighted by atomic mass is 32.1. The molecule has 0 radical (unpaired) electrons. The Morgan fingerprint density at radius 2 is 1.02 bits per heavy atom. The molecular weight excluding hydrogens is 615 g/mol. The van der Waals surface area contributed by atoms with E-state index in [0.29, 0.717) is 0 Å². The van der Waals surface area contributed by atoms with E-state index in [1.807, 2.05) is 23.5 Å². The van der Waals surface area contributed by atoms with Gasteiger partial charge in [-0.3, -0.25) is 0 Å². The number of para-hydroxylation sites is 2. The molecular formula is C46H29NOS. The molecule has 0 amide bonds. The molecule has 2 heterocycles. The minimum absolute atomic E-state index is 0.877. The monoisotopic (exact) mass is 643 g/mol. The van der Waals surface area contributed by atoms with E-state index in [4.69, 9.17) is 4.42 Å². The second-order valence-electron chi connectivity index (χ2n) is 12.5. The van der Waals surface area contributed by atoms with Crippen LogP contribution in [0, 0.1) is 0 Å². The molecule has 10 rings (SSSR count). The molecule has 8 aromatic carbocycles. The van der Waals surface area contributed by atoms with Crippen LogP contribution in [0.2, 0.25) is 0 Å². The van der Waals surface area contributed by atoms with E-state index >= 15 is 0 Å². The first kappa shape index (κ1) is 27.9. The van der Waals surface area contributed by atoms with Crippen molar-refractivity contribution >= 4 is 81.3 Å². The van der Waals surface area contributed by atoms with Crippen LogP contribution in [0.3, 0.4) is 0 Å². The Morgan fingerprint density at radius 3 is 1.82 bits per heavy atom. The summed E-state index contributed by atoms with van der Waals surface area (Å²) in [6.07, 6.45) is 0. The quantitative estimate of drug-likeness (QED) is 0.186. The van der Waals surface area contributed by atoms with Crippen molar-refractivity contribution in [3.05, 3.63) is 176 Å². The summed E-state index contributed by atoms with van der Waals surface area (Å²) in [6, 6.07) is 63.1. The maximum absolute atomic E-state index is 6.55. The van der Waals surface area contributed by atoms with Crippen molar-refractivity contribution in [2.24, 2.45) is 0 Å². The van der Waals surface area contributed by atoms with Crippen molar-refractivity contribution in [1.29, 1.82) is 0 Å². The lowest BCUT2D eigenvalue weighted by Gasteiger charge is -2.26. The Kier molecular flexibility index (Phi) is 6.39.